The minimum absolute atomic E-state index is 0.0700. The Hall–Kier alpha value is -1.32. The van der Waals surface area contributed by atoms with Crippen molar-refractivity contribution in [3.05, 3.63) is 38.9 Å². The van der Waals surface area contributed by atoms with E-state index in [0.717, 1.165) is 0 Å². The van der Waals surface area contributed by atoms with E-state index in [9.17, 15) is 14.7 Å². The summed E-state index contributed by atoms with van der Waals surface area (Å²) in [4.78, 5) is 23.5. The number of rotatable bonds is 0. The van der Waals surface area contributed by atoms with Crippen LogP contribution in [0.1, 0.15) is 26.3 Å². The van der Waals surface area contributed by atoms with Gasteiger partial charge in [-0.2, -0.15) is 0 Å². The number of fused-ring (bicyclic) bond motifs is 1. The van der Waals surface area contributed by atoms with E-state index < -0.39 is 11.6 Å². The van der Waals surface area contributed by atoms with Gasteiger partial charge in [-0.1, -0.05) is 29.3 Å². The lowest BCUT2D eigenvalue weighted by Crippen LogP contribution is -2.18. The molecule has 0 amide bonds. The lowest BCUT2D eigenvalue weighted by Gasteiger charge is -2.16. The molecule has 0 fully saturated rings. The number of hydrogen-bond donors (Lipinski definition) is 1. The number of halogens is 2. The summed E-state index contributed by atoms with van der Waals surface area (Å²) in [5.74, 6) is -1.39. The molecule has 0 saturated heterocycles. The summed E-state index contributed by atoms with van der Waals surface area (Å²) in [6, 6.07) is 3.00. The van der Waals surface area contributed by atoms with Crippen molar-refractivity contribution >= 4 is 34.8 Å². The fraction of sp³-hybridized carbons (Fsp3) is 0.0909. The molecule has 1 aromatic carbocycles. The van der Waals surface area contributed by atoms with E-state index in [1.165, 1.54) is 6.07 Å². The highest BCUT2D eigenvalue weighted by atomic mass is 35.5. The summed E-state index contributed by atoms with van der Waals surface area (Å²) >= 11 is 11.3. The van der Waals surface area contributed by atoms with Gasteiger partial charge in [-0.15, -0.1) is 0 Å². The van der Waals surface area contributed by atoms with E-state index in [0.29, 0.717) is 5.56 Å². The van der Waals surface area contributed by atoms with Crippen molar-refractivity contribution in [3.63, 3.8) is 0 Å². The fourth-order valence-electron chi connectivity index (χ4n) is 1.54. The predicted octanol–water partition coefficient (Wildman–Crippen LogP) is 2.77. The molecule has 0 aromatic heterocycles. The summed E-state index contributed by atoms with van der Waals surface area (Å²) in [6.07, 6.45) is 0. The summed E-state index contributed by atoms with van der Waals surface area (Å²) in [7, 11) is 0. The van der Waals surface area contributed by atoms with Crippen molar-refractivity contribution in [3.8, 4) is 5.75 Å². The quantitative estimate of drug-likeness (QED) is 0.777. The number of allylic oxidation sites excluding steroid dienone is 2. The zero-order valence-electron chi connectivity index (χ0n) is 8.17. The zero-order chi connectivity index (χ0) is 12.0. The monoisotopic (exact) mass is 256 g/mol. The van der Waals surface area contributed by atoms with Crippen LogP contribution in [0.25, 0.3) is 0 Å². The Labute approximate surface area is 101 Å². The fourth-order valence-corrected chi connectivity index (χ4v) is 1.91. The molecule has 0 radical (unpaired) electrons. The van der Waals surface area contributed by atoms with Crippen molar-refractivity contribution in [2.45, 2.75) is 6.92 Å². The summed E-state index contributed by atoms with van der Waals surface area (Å²) in [6.45, 7) is 1.63. The molecule has 16 heavy (non-hydrogen) atoms. The Morgan fingerprint density at radius 1 is 1.06 bits per heavy atom. The molecule has 0 aliphatic heterocycles. The number of benzene rings is 1. The van der Waals surface area contributed by atoms with E-state index in [2.05, 4.69) is 0 Å². The molecular formula is C11H6Cl2O3. The van der Waals surface area contributed by atoms with Crippen LogP contribution in [0.15, 0.2) is 22.2 Å². The van der Waals surface area contributed by atoms with Crippen molar-refractivity contribution in [2.24, 2.45) is 0 Å². The van der Waals surface area contributed by atoms with Crippen LogP contribution in [0.4, 0.5) is 0 Å². The Bertz CT molecular complexity index is 559. The highest BCUT2D eigenvalue weighted by Gasteiger charge is 2.33. The number of aryl methyl sites for hydroxylation is 1. The van der Waals surface area contributed by atoms with E-state index in [-0.39, 0.29) is 26.9 Å². The molecule has 0 unspecified atom stereocenters. The molecule has 0 spiro atoms. The molecule has 82 valence electrons. The second-order valence-electron chi connectivity index (χ2n) is 3.44. The first-order valence-electron chi connectivity index (χ1n) is 4.42. The molecule has 5 heteroatoms. The number of ketones is 2. The highest BCUT2D eigenvalue weighted by molar-refractivity contribution is 6.59. The summed E-state index contributed by atoms with van der Waals surface area (Å²) in [5.41, 5.74) is 0.518. The van der Waals surface area contributed by atoms with E-state index in [1.54, 1.807) is 13.0 Å². The number of carbonyl (C=O) groups excluding carboxylic acids is 2. The zero-order valence-corrected chi connectivity index (χ0v) is 9.69. The van der Waals surface area contributed by atoms with Crippen molar-refractivity contribution in [1.82, 2.24) is 0 Å². The van der Waals surface area contributed by atoms with Crippen LogP contribution in [-0.4, -0.2) is 16.7 Å². The van der Waals surface area contributed by atoms with Gasteiger partial charge in [-0.25, -0.2) is 0 Å². The molecule has 0 atom stereocenters. The van der Waals surface area contributed by atoms with Gasteiger partial charge >= 0.3 is 0 Å². The third-order valence-electron chi connectivity index (χ3n) is 2.44. The maximum atomic E-state index is 11.8. The average molecular weight is 257 g/mol. The second kappa shape index (κ2) is 3.61. The smallest absolute Gasteiger partial charge is 0.210 e. The van der Waals surface area contributed by atoms with Crippen LogP contribution >= 0.6 is 23.2 Å². The van der Waals surface area contributed by atoms with Gasteiger partial charge in [-0.3, -0.25) is 9.59 Å². The number of phenolic OH excluding ortho intramolecular Hbond substituents is 1. The SMILES string of the molecule is Cc1ccc2c(c1O)C(=O)C(Cl)=C(Cl)C2=O. The van der Waals surface area contributed by atoms with Gasteiger partial charge in [0.05, 0.1) is 5.56 Å². The highest BCUT2D eigenvalue weighted by Crippen LogP contribution is 2.36. The molecule has 2 rings (SSSR count). The first-order chi connectivity index (χ1) is 7.45. The van der Waals surface area contributed by atoms with Crippen molar-refractivity contribution in [2.75, 3.05) is 0 Å². The van der Waals surface area contributed by atoms with Gasteiger partial charge in [0.15, 0.2) is 0 Å². The minimum atomic E-state index is -0.623. The summed E-state index contributed by atoms with van der Waals surface area (Å²) in [5, 5.41) is 9.09. The van der Waals surface area contributed by atoms with Crippen LogP contribution in [0, 0.1) is 6.92 Å². The Morgan fingerprint density at radius 3 is 2.25 bits per heavy atom. The Morgan fingerprint density at radius 2 is 1.62 bits per heavy atom. The molecule has 1 N–H and O–H groups in total. The normalized spacial score (nSPS) is 15.4. The van der Waals surface area contributed by atoms with Crippen molar-refractivity contribution in [1.29, 1.82) is 0 Å². The van der Waals surface area contributed by atoms with Crippen LogP contribution in [0.3, 0.4) is 0 Å². The van der Waals surface area contributed by atoms with Crippen LogP contribution < -0.4 is 0 Å². The van der Waals surface area contributed by atoms with E-state index >= 15 is 0 Å². The molecule has 3 nitrogen and oxygen atoms in total. The number of Topliss-reactive ketones (excluding diaryl/α,β-unsaturated/α-hetero) is 2. The molecular weight excluding hydrogens is 251 g/mol. The topological polar surface area (TPSA) is 54.4 Å². The van der Waals surface area contributed by atoms with Gasteiger partial charge in [0.2, 0.25) is 11.6 Å². The maximum absolute atomic E-state index is 11.8. The maximum Gasteiger partial charge on any atom is 0.210 e. The van der Waals surface area contributed by atoms with Crippen LogP contribution in [-0.2, 0) is 0 Å². The second-order valence-corrected chi connectivity index (χ2v) is 4.20. The lowest BCUT2D eigenvalue weighted by molar-refractivity contribution is 0.0984. The molecule has 0 saturated carbocycles. The third kappa shape index (κ3) is 1.36. The molecule has 0 heterocycles. The van der Waals surface area contributed by atoms with E-state index in [4.69, 9.17) is 23.2 Å². The van der Waals surface area contributed by atoms with Gasteiger partial charge in [0.1, 0.15) is 15.8 Å². The largest absolute Gasteiger partial charge is 0.507 e. The third-order valence-corrected chi connectivity index (χ3v) is 3.26. The van der Waals surface area contributed by atoms with Crippen LogP contribution in [0.2, 0.25) is 0 Å². The van der Waals surface area contributed by atoms with Gasteiger partial charge in [0, 0.05) is 5.56 Å². The molecule has 1 aromatic rings. The standard InChI is InChI=1S/C11H6Cl2O3/c1-4-2-3-5-6(9(4)14)11(16)8(13)7(12)10(5)15/h2-3,14H,1H3. The number of carbonyl (C=O) groups is 2. The van der Waals surface area contributed by atoms with Gasteiger partial charge in [0.25, 0.3) is 0 Å². The number of aromatic hydroxyl groups is 1. The number of hydrogen-bond acceptors (Lipinski definition) is 3. The summed E-state index contributed by atoms with van der Waals surface area (Å²) < 4.78 is 0. The van der Waals surface area contributed by atoms with E-state index in [1.807, 2.05) is 0 Å². The average Bonchev–Trinajstić information content (AvgIpc) is 2.27. The Balaban J connectivity index is 2.82. The van der Waals surface area contributed by atoms with Crippen LogP contribution in [0.5, 0.6) is 5.75 Å². The van der Waals surface area contributed by atoms with Crippen molar-refractivity contribution < 1.29 is 14.7 Å². The first-order valence-corrected chi connectivity index (χ1v) is 5.18. The molecule has 1 aliphatic carbocycles. The van der Waals surface area contributed by atoms with Gasteiger partial charge < -0.3 is 5.11 Å². The number of phenols is 1. The molecule has 0 bridgehead atoms. The first kappa shape index (κ1) is 11.2. The minimum Gasteiger partial charge on any atom is -0.507 e. The lowest BCUT2D eigenvalue weighted by atomic mass is 9.92. The van der Waals surface area contributed by atoms with Gasteiger partial charge in [-0.05, 0) is 18.6 Å². The Kier molecular flexibility index (Phi) is 2.52. The molecule has 1 aliphatic rings. The predicted molar refractivity (Wildman–Crippen MR) is 60.2 cm³/mol.